The van der Waals surface area contributed by atoms with Gasteiger partial charge in [-0.15, -0.1) is 11.3 Å². The van der Waals surface area contributed by atoms with Crippen LogP contribution < -0.4 is 16.2 Å². The van der Waals surface area contributed by atoms with Crippen LogP contribution in [0, 0.1) is 12.7 Å². The molecule has 5 N–H and O–H groups in total. The molecule has 0 amide bonds. The van der Waals surface area contributed by atoms with Crippen molar-refractivity contribution in [1.82, 2.24) is 0 Å². The third kappa shape index (κ3) is 4.50. The van der Waals surface area contributed by atoms with Crippen LogP contribution in [0.2, 0.25) is 0 Å². The van der Waals surface area contributed by atoms with Crippen LogP contribution >= 0.6 is 27.3 Å². The van der Waals surface area contributed by atoms with E-state index in [0.717, 1.165) is 9.35 Å². The Hall–Kier alpha value is -1.64. The third-order valence-corrected chi connectivity index (χ3v) is 5.82. The van der Waals surface area contributed by atoms with E-state index in [4.69, 9.17) is 16.2 Å². The van der Waals surface area contributed by atoms with Crippen molar-refractivity contribution in [3.05, 3.63) is 38.9 Å². The van der Waals surface area contributed by atoms with Crippen molar-refractivity contribution in [3.63, 3.8) is 0 Å². The smallest absolute Gasteiger partial charge is 0.148 e. The number of nitrogens with two attached hydrogens (primary N) is 2. The lowest BCUT2D eigenvalue weighted by molar-refractivity contribution is -0.0239. The number of hydrogen-bond donors (Lipinski definition) is 3. The maximum atomic E-state index is 13.6. The zero-order chi connectivity index (χ0) is 18.9. The van der Waals surface area contributed by atoms with Gasteiger partial charge in [-0.25, -0.2) is 9.38 Å². The quantitative estimate of drug-likeness (QED) is 0.492. The highest BCUT2D eigenvalue weighted by Crippen LogP contribution is 2.36. The fourth-order valence-corrected chi connectivity index (χ4v) is 3.55. The minimum Gasteiger partial charge on any atom is -0.485 e. The summed E-state index contributed by atoms with van der Waals surface area (Å²) in [6, 6.07) is 3.96. The fourth-order valence-electron chi connectivity index (χ4n) is 2.02. The van der Waals surface area contributed by atoms with Crippen molar-refractivity contribution in [1.29, 1.82) is 0 Å². The normalized spacial score (nSPS) is 13.8. The SMILES string of the molecule is Cc1c(Br)sc(N)c1C(N)=Nc1ccc(F)cc1OC(C)C(C)(C)O. The topological polar surface area (TPSA) is 93.9 Å². The number of nitrogens with zero attached hydrogens (tertiary/aromatic N) is 1. The summed E-state index contributed by atoms with van der Waals surface area (Å²) in [7, 11) is 0. The first-order valence-electron chi connectivity index (χ1n) is 7.58. The number of benzene rings is 1. The van der Waals surface area contributed by atoms with Crippen molar-refractivity contribution >= 4 is 43.8 Å². The van der Waals surface area contributed by atoms with E-state index in [1.807, 2.05) is 6.92 Å². The van der Waals surface area contributed by atoms with E-state index in [0.29, 0.717) is 16.3 Å². The lowest BCUT2D eigenvalue weighted by atomic mass is 10.0. The van der Waals surface area contributed by atoms with Crippen molar-refractivity contribution in [2.24, 2.45) is 10.7 Å². The van der Waals surface area contributed by atoms with Crippen LogP contribution in [0.15, 0.2) is 27.0 Å². The molecule has 0 aliphatic rings. The van der Waals surface area contributed by atoms with Gasteiger partial charge in [0.05, 0.1) is 20.0 Å². The predicted molar refractivity (Wildman–Crippen MR) is 104 cm³/mol. The molecule has 1 aromatic carbocycles. The minimum atomic E-state index is -1.10. The van der Waals surface area contributed by atoms with Crippen LogP contribution in [0.1, 0.15) is 31.9 Å². The van der Waals surface area contributed by atoms with Gasteiger partial charge in [-0.2, -0.15) is 0 Å². The van der Waals surface area contributed by atoms with Gasteiger partial charge in [0.1, 0.15) is 29.2 Å². The summed E-state index contributed by atoms with van der Waals surface area (Å²) in [5, 5.41) is 10.6. The van der Waals surface area contributed by atoms with Crippen LogP contribution in [0.5, 0.6) is 5.75 Å². The molecule has 2 aromatic rings. The first kappa shape index (κ1) is 19.7. The summed E-state index contributed by atoms with van der Waals surface area (Å²) in [5.41, 5.74) is 12.9. The van der Waals surface area contributed by atoms with Gasteiger partial charge in [-0.05, 0) is 61.3 Å². The third-order valence-electron chi connectivity index (χ3n) is 3.83. The number of aliphatic imine (C=N–C) groups is 1. The Balaban J connectivity index is 2.45. The Bertz CT molecular complexity index is 815. The molecule has 0 spiro atoms. The maximum absolute atomic E-state index is 13.6. The van der Waals surface area contributed by atoms with Gasteiger partial charge >= 0.3 is 0 Å². The zero-order valence-electron chi connectivity index (χ0n) is 14.4. The molecule has 0 fully saturated rings. The van der Waals surface area contributed by atoms with Crippen LogP contribution in [-0.4, -0.2) is 22.6 Å². The molecule has 2 rings (SSSR count). The van der Waals surface area contributed by atoms with E-state index < -0.39 is 17.5 Å². The average molecular weight is 430 g/mol. The van der Waals surface area contributed by atoms with Gasteiger partial charge in [0.25, 0.3) is 0 Å². The molecule has 0 saturated heterocycles. The van der Waals surface area contributed by atoms with Crippen LogP contribution in [0.25, 0.3) is 0 Å². The summed E-state index contributed by atoms with van der Waals surface area (Å²) in [6.45, 7) is 6.80. The number of hydrogen-bond acceptors (Lipinski definition) is 5. The average Bonchev–Trinajstić information content (AvgIpc) is 2.73. The second-order valence-corrected chi connectivity index (χ2v) is 8.63. The number of rotatable bonds is 5. The fraction of sp³-hybridized carbons (Fsp3) is 0.353. The Morgan fingerprint density at radius 2 is 2.08 bits per heavy atom. The molecular weight excluding hydrogens is 409 g/mol. The van der Waals surface area contributed by atoms with E-state index in [9.17, 15) is 9.50 Å². The second kappa shape index (κ2) is 7.31. The second-order valence-electron chi connectivity index (χ2n) is 6.26. The molecule has 0 bridgehead atoms. The zero-order valence-corrected chi connectivity index (χ0v) is 16.8. The number of halogens is 2. The number of ether oxygens (including phenoxy) is 1. The molecule has 1 heterocycles. The van der Waals surface area contributed by atoms with E-state index in [1.165, 1.54) is 29.5 Å². The van der Waals surface area contributed by atoms with Crippen LogP contribution in [0.3, 0.4) is 0 Å². The van der Waals surface area contributed by atoms with Crippen molar-refractivity contribution in [2.45, 2.75) is 39.4 Å². The van der Waals surface area contributed by atoms with Gasteiger partial charge < -0.3 is 21.3 Å². The van der Waals surface area contributed by atoms with E-state index >= 15 is 0 Å². The molecule has 136 valence electrons. The molecular formula is C17H21BrFN3O2S. The molecule has 5 nitrogen and oxygen atoms in total. The summed E-state index contributed by atoms with van der Waals surface area (Å²) >= 11 is 4.79. The number of thiophene rings is 1. The minimum absolute atomic E-state index is 0.197. The van der Waals surface area contributed by atoms with Crippen LogP contribution in [-0.2, 0) is 0 Å². The molecule has 1 atom stereocenters. The number of aliphatic hydroxyl groups is 1. The molecule has 1 unspecified atom stereocenters. The van der Waals surface area contributed by atoms with E-state index in [2.05, 4.69) is 20.9 Å². The monoisotopic (exact) mass is 429 g/mol. The largest absolute Gasteiger partial charge is 0.485 e. The standard InChI is InChI=1S/C17H21BrFN3O2S/c1-8-13(16(21)25-14(8)18)15(20)22-11-6-5-10(19)7-12(11)24-9(2)17(3,4)23/h5-7,9,23H,21H2,1-4H3,(H2,20,22). The summed E-state index contributed by atoms with van der Waals surface area (Å²) in [6.07, 6.45) is -0.577. The van der Waals surface area contributed by atoms with Crippen molar-refractivity contribution in [2.75, 3.05) is 5.73 Å². The maximum Gasteiger partial charge on any atom is 0.148 e. The molecule has 0 saturated carbocycles. The molecule has 0 radical (unpaired) electrons. The number of amidine groups is 1. The van der Waals surface area contributed by atoms with Crippen LogP contribution in [0.4, 0.5) is 15.1 Å². The predicted octanol–water partition coefficient (Wildman–Crippen LogP) is 4.12. The Labute approximate surface area is 158 Å². The summed E-state index contributed by atoms with van der Waals surface area (Å²) in [4.78, 5) is 4.37. The highest BCUT2D eigenvalue weighted by atomic mass is 79.9. The van der Waals surface area contributed by atoms with E-state index in [-0.39, 0.29) is 11.6 Å². The van der Waals surface area contributed by atoms with Crippen molar-refractivity contribution in [3.8, 4) is 5.75 Å². The summed E-state index contributed by atoms with van der Waals surface area (Å²) in [5.74, 6) is -0.0585. The van der Waals surface area contributed by atoms with E-state index in [1.54, 1.807) is 20.8 Å². The number of nitrogen functional groups attached to an aromatic ring is 1. The lowest BCUT2D eigenvalue weighted by Gasteiger charge is -2.27. The van der Waals surface area contributed by atoms with Gasteiger partial charge in [-0.1, -0.05) is 0 Å². The number of anilines is 1. The highest BCUT2D eigenvalue weighted by molar-refractivity contribution is 9.11. The molecule has 8 heteroatoms. The molecule has 1 aromatic heterocycles. The Kier molecular flexibility index (Phi) is 5.75. The first-order valence-corrected chi connectivity index (χ1v) is 9.19. The highest BCUT2D eigenvalue weighted by Gasteiger charge is 2.25. The molecule has 0 aliphatic carbocycles. The van der Waals surface area contributed by atoms with Crippen molar-refractivity contribution < 1.29 is 14.2 Å². The Morgan fingerprint density at radius 1 is 1.44 bits per heavy atom. The molecule has 0 aliphatic heterocycles. The van der Waals surface area contributed by atoms with Gasteiger partial charge in [0.15, 0.2) is 0 Å². The van der Waals surface area contributed by atoms with Gasteiger partial charge in [-0.3, -0.25) is 0 Å². The Morgan fingerprint density at radius 3 is 2.60 bits per heavy atom. The lowest BCUT2D eigenvalue weighted by Crippen LogP contribution is -2.37. The summed E-state index contributed by atoms with van der Waals surface area (Å²) < 4.78 is 20.2. The van der Waals surface area contributed by atoms with Gasteiger partial charge in [0.2, 0.25) is 0 Å². The van der Waals surface area contributed by atoms with Gasteiger partial charge in [0, 0.05) is 6.07 Å². The molecule has 25 heavy (non-hydrogen) atoms. The first-order chi connectivity index (χ1) is 11.5.